The minimum absolute atomic E-state index is 0.577. The average molecular weight is 267 g/mol. The van der Waals surface area contributed by atoms with Gasteiger partial charge in [0.1, 0.15) is 0 Å². The Labute approximate surface area is 121 Å². The third kappa shape index (κ3) is 2.05. The van der Waals surface area contributed by atoms with E-state index in [9.17, 15) is 0 Å². The van der Waals surface area contributed by atoms with Crippen molar-refractivity contribution in [3.8, 4) is 11.5 Å². The highest BCUT2D eigenvalue weighted by atomic mass is 16.5. The number of fused-ring (bicyclic) bond motifs is 2. The number of ether oxygens (including phenoxy) is 1. The fraction of sp³-hybridized carbons (Fsp3) is 0.333. The van der Waals surface area contributed by atoms with Gasteiger partial charge in [-0.05, 0) is 54.7 Å². The van der Waals surface area contributed by atoms with Crippen LogP contribution in [-0.4, -0.2) is 7.05 Å². The van der Waals surface area contributed by atoms with Crippen LogP contribution in [0.1, 0.15) is 37.3 Å². The Bertz CT molecular complexity index is 648. The number of nitrogens with zero attached hydrogens (tertiary/aromatic N) is 1. The maximum atomic E-state index is 6.06. The van der Waals surface area contributed by atoms with Gasteiger partial charge in [0.2, 0.25) is 0 Å². The third-order valence-electron chi connectivity index (χ3n) is 4.22. The smallest absolute Gasteiger partial charge is 0.151 e. The van der Waals surface area contributed by atoms with Crippen molar-refractivity contribution in [1.82, 2.24) is 0 Å². The van der Waals surface area contributed by atoms with E-state index in [0.717, 1.165) is 29.3 Å². The van der Waals surface area contributed by atoms with E-state index in [1.165, 1.54) is 11.1 Å². The summed E-state index contributed by atoms with van der Waals surface area (Å²) in [6.07, 6.45) is 1.15. The Morgan fingerprint density at radius 1 is 1.05 bits per heavy atom. The summed E-state index contributed by atoms with van der Waals surface area (Å²) < 4.78 is 6.06. The normalized spacial score (nSPS) is 14.3. The van der Waals surface area contributed by atoms with Crippen LogP contribution in [0.3, 0.4) is 0 Å². The van der Waals surface area contributed by atoms with Crippen molar-refractivity contribution in [1.29, 1.82) is 0 Å². The van der Waals surface area contributed by atoms with Gasteiger partial charge in [-0.3, -0.25) is 0 Å². The number of anilines is 2. The molecule has 0 saturated carbocycles. The molecule has 20 heavy (non-hydrogen) atoms. The summed E-state index contributed by atoms with van der Waals surface area (Å²) in [5.74, 6) is 2.46. The van der Waals surface area contributed by atoms with Crippen LogP contribution in [0.15, 0.2) is 36.4 Å². The molecule has 1 unspecified atom stereocenters. The van der Waals surface area contributed by atoms with Crippen LogP contribution in [0.25, 0.3) is 0 Å². The van der Waals surface area contributed by atoms with Crippen LogP contribution >= 0.6 is 0 Å². The molecule has 0 saturated heterocycles. The maximum Gasteiger partial charge on any atom is 0.151 e. The first-order valence-electron chi connectivity index (χ1n) is 7.26. The molecule has 0 aromatic heterocycles. The largest absolute Gasteiger partial charge is 0.453 e. The molecule has 1 aliphatic rings. The SMILES string of the molecule is CCC(C)c1ccc2c(c1)N(C)c1ccc(C)cc1O2. The summed E-state index contributed by atoms with van der Waals surface area (Å²) in [5.41, 5.74) is 4.87. The number of hydrogen-bond acceptors (Lipinski definition) is 2. The predicted molar refractivity (Wildman–Crippen MR) is 84.5 cm³/mol. The first kappa shape index (κ1) is 13.0. The fourth-order valence-corrected chi connectivity index (χ4v) is 2.65. The molecule has 1 heterocycles. The highest BCUT2D eigenvalue weighted by Crippen LogP contribution is 2.46. The summed E-state index contributed by atoms with van der Waals surface area (Å²) in [4.78, 5) is 2.22. The minimum Gasteiger partial charge on any atom is -0.453 e. The molecule has 104 valence electrons. The van der Waals surface area contributed by atoms with Crippen LogP contribution in [0.4, 0.5) is 11.4 Å². The van der Waals surface area contributed by atoms with Gasteiger partial charge in [0, 0.05) is 7.05 Å². The second kappa shape index (κ2) is 4.86. The van der Waals surface area contributed by atoms with Gasteiger partial charge in [-0.2, -0.15) is 0 Å². The molecular weight excluding hydrogens is 246 g/mol. The zero-order valence-corrected chi connectivity index (χ0v) is 12.6. The van der Waals surface area contributed by atoms with E-state index in [4.69, 9.17) is 4.74 Å². The van der Waals surface area contributed by atoms with Gasteiger partial charge in [0.25, 0.3) is 0 Å². The lowest BCUT2D eigenvalue weighted by molar-refractivity contribution is 0.474. The second-order valence-electron chi connectivity index (χ2n) is 5.67. The fourth-order valence-electron chi connectivity index (χ4n) is 2.65. The molecule has 3 rings (SSSR count). The third-order valence-corrected chi connectivity index (χ3v) is 4.22. The zero-order chi connectivity index (χ0) is 14.3. The molecule has 2 aromatic carbocycles. The standard InChI is InChI=1S/C18H21NO/c1-5-13(3)14-7-9-17-16(11-14)19(4)15-8-6-12(2)10-18(15)20-17/h6-11,13H,5H2,1-4H3. The molecular formula is C18H21NO. The van der Waals surface area contributed by atoms with Gasteiger partial charge < -0.3 is 9.64 Å². The molecule has 2 heteroatoms. The lowest BCUT2D eigenvalue weighted by Gasteiger charge is -2.30. The van der Waals surface area contributed by atoms with E-state index >= 15 is 0 Å². The number of aryl methyl sites for hydroxylation is 1. The van der Waals surface area contributed by atoms with E-state index in [0.29, 0.717) is 5.92 Å². The van der Waals surface area contributed by atoms with Gasteiger partial charge in [0.05, 0.1) is 11.4 Å². The lowest BCUT2D eigenvalue weighted by Crippen LogP contribution is -2.16. The van der Waals surface area contributed by atoms with Gasteiger partial charge in [-0.25, -0.2) is 0 Å². The van der Waals surface area contributed by atoms with Crippen LogP contribution < -0.4 is 9.64 Å². The van der Waals surface area contributed by atoms with Crippen LogP contribution in [0, 0.1) is 6.92 Å². The van der Waals surface area contributed by atoms with Gasteiger partial charge in [-0.15, -0.1) is 0 Å². The van der Waals surface area contributed by atoms with Crippen LogP contribution in [0.5, 0.6) is 11.5 Å². The van der Waals surface area contributed by atoms with Crippen molar-refractivity contribution in [2.75, 3.05) is 11.9 Å². The van der Waals surface area contributed by atoms with Crippen LogP contribution in [-0.2, 0) is 0 Å². The van der Waals surface area contributed by atoms with Crippen LogP contribution in [0.2, 0.25) is 0 Å². The second-order valence-corrected chi connectivity index (χ2v) is 5.67. The Morgan fingerprint density at radius 2 is 1.85 bits per heavy atom. The molecule has 0 spiro atoms. The molecule has 0 fully saturated rings. The van der Waals surface area contributed by atoms with Gasteiger partial charge >= 0.3 is 0 Å². The quantitative estimate of drug-likeness (QED) is 0.724. The molecule has 0 aliphatic carbocycles. The molecule has 0 radical (unpaired) electrons. The Kier molecular flexibility index (Phi) is 3.17. The van der Waals surface area contributed by atoms with E-state index < -0.39 is 0 Å². The van der Waals surface area contributed by atoms with Crippen molar-refractivity contribution in [3.05, 3.63) is 47.5 Å². The molecule has 0 amide bonds. The maximum absolute atomic E-state index is 6.06. The van der Waals surface area contributed by atoms with E-state index in [1.807, 2.05) is 0 Å². The Hall–Kier alpha value is -1.96. The average Bonchev–Trinajstić information content (AvgIpc) is 2.46. The predicted octanol–water partition coefficient (Wildman–Crippen LogP) is 5.38. The van der Waals surface area contributed by atoms with E-state index in [1.54, 1.807) is 0 Å². The Balaban J connectivity index is 2.06. The molecule has 0 bridgehead atoms. The van der Waals surface area contributed by atoms with Crippen molar-refractivity contribution in [3.63, 3.8) is 0 Å². The van der Waals surface area contributed by atoms with Crippen molar-refractivity contribution in [2.24, 2.45) is 0 Å². The molecule has 0 N–H and O–H groups in total. The number of rotatable bonds is 2. The van der Waals surface area contributed by atoms with Crippen molar-refractivity contribution >= 4 is 11.4 Å². The van der Waals surface area contributed by atoms with Gasteiger partial charge in [-0.1, -0.05) is 26.0 Å². The van der Waals surface area contributed by atoms with Crippen molar-refractivity contribution in [2.45, 2.75) is 33.1 Å². The van der Waals surface area contributed by atoms with E-state index in [-0.39, 0.29) is 0 Å². The Morgan fingerprint density at radius 3 is 2.60 bits per heavy atom. The number of hydrogen-bond donors (Lipinski definition) is 0. The molecule has 1 aliphatic heterocycles. The molecule has 1 atom stereocenters. The number of benzene rings is 2. The molecule has 2 nitrogen and oxygen atoms in total. The highest BCUT2D eigenvalue weighted by Gasteiger charge is 2.22. The van der Waals surface area contributed by atoms with Gasteiger partial charge in [0.15, 0.2) is 11.5 Å². The topological polar surface area (TPSA) is 12.5 Å². The first-order chi connectivity index (χ1) is 9.60. The summed E-state index contributed by atoms with van der Waals surface area (Å²) in [5, 5.41) is 0. The van der Waals surface area contributed by atoms with Crippen molar-refractivity contribution < 1.29 is 4.74 Å². The summed E-state index contributed by atoms with van der Waals surface area (Å²) in [6, 6.07) is 12.9. The van der Waals surface area contributed by atoms with E-state index in [2.05, 4.69) is 69.1 Å². The lowest BCUT2D eigenvalue weighted by atomic mass is 9.97. The molecule has 2 aromatic rings. The summed E-state index contributed by atoms with van der Waals surface area (Å²) in [6.45, 7) is 6.58. The monoisotopic (exact) mass is 267 g/mol. The zero-order valence-electron chi connectivity index (χ0n) is 12.6. The summed E-state index contributed by atoms with van der Waals surface area (Å²) in [7, 11) is 2.11. The minimum atomic E-state index is 0.577. The first-order valence-corrected chi connectivity index (χ1v) is 7.26. The highest BCUT2D eigenvalue weighted by molar-refractivity contribution is 5.78. The summed E-state index contributed by atoms with van der Waals surface area (Å²) >= 11 is 0.